The highest BCUT2D eigenvalue weighted by molar-refractivity contribution is 5.75. The van der Waals surface area contributed by atoms with Gasteiger partial charge in [-0.25, -0.2) is 4.68 Å². The highest BCUT2D eigenvalue weighted by atomic mass is 16.5. The fourth-order valence-electron chi connectivity index (χ4n) is 1.27. The van der Waals surface area contributed by atoms with Crippen molar-refractivity contribution in [2.45, 2.75) is 26.1 Å². The number of hydrogen-bond donors (Lipinski definition) is 2. The Bertz CT molecular complexity index is 338. The Morgan fingerprint density at radius 3 is 3.06 bits per heavy atom. The van der Waals surface area contributed by atoms with Crippen LogP contribution in [0.4, 0.5) is 0 Å². The van der Waals surface area contributed by atoms with Crippen molar-refractivity contribution in [2.75, 3.05) is 13.7 Å². The summed E-state index contributed by atoms with van der Waals surface area (Å²) < 4.78 is 6.37. The molecule has 0 aliphatic rings. The molecule has 16 heavy (non-hydrogen) atoms. The van der Waals surface area contributed by atoms with Crippen LogP contribution in [-0.2, 0) is 22.6 Å². The van der Waals surface area contributed by atoms with E-state index in [0.717, 1.165) is 0 Å². The average Bonchev–Trinajstić information content (AvgIpc) is 2.65. The van der Waals surface area contributed by atoms with Crippen LogP contribution in [-0.4, -0.2) is 40.7 Å². The summed E-state index contributed by atoms with van der Waals surface area (Å²) >= 11 is 0. The highest BCUT2D eigenvalue weighted by Gasteiger charge is 2.08. The van der Waals surface area contributed by atoms with Gasteiger partial charge < -0.3 is 15.8 Å². The predicted molar refractivity (Wildman–Crippen MR) is 57.4 cm³/mol. The van der Waals surface area contributed by atoms with Gasteiger partial charge in [0.1, 0.15) is 6.54 Å². The quantitative estimate of drug-likeness (QED) is 0.642. The number of rotatable bonds is 6. The number of amides is 1. The highest BCUT2D eigenvalue weighted by Crippen LogP contribution is 1.91. The van der Waals surface area contributed by atoms with Crippen molar-refractivity contribution in [1.29, 1.82) is 0 Å². The molecule has 0 saturated carbocycles. The minimum atomic E-state index is -0.127. The molecule has 0 spiro atoms. The molecule has 1 unspecified atom stereocenters. The SMILES string of the molecule is COCC(C)NC(=O)Cn1cc(CN)nn1. The van der Waals surface area contributed by atoms with Crippen molar-refractivity contribution in [3.8, 4) is 0 Å². The number of ether oxygens (including phenoxy) is 1. The monoisotopic (exact) mass is 227 g/mol. The van der Waals surface area contributed by atoms with E-state index in [1.54, 1.807) is 13.3 Å². The van der Waals surface area contributed by atoms with Crippen LogP contribution in [0.1, 0.15) is 12.6 Å². The van der Waals surface area contributed by atoms with Crippen LogP contribution in [0.5, 0.6) is 0 Å². The Kier molecular flexibility index (Phi) is 4.87. The largest absolute Gasteiger partial charge is 0.383 e. The molecular formula is C9H17N5O2. The van der Waals surface area contributed by atoms with Gasteiger partial charge in [-0.05, 0) is 6.92 Å². The van der Waals surface area contributed by atoms with Gasteiger partial charge in [-0.1, -0.05) is 5.21 Å². The lowest BCUT2D eigenvalue weighted by molar-refractivity contribution is -0.122. The third-order valence-electron chi connectivity index (χ3n) is 1.92. The smallest absolute Gasteiger partial charge is 0.242 e. The number of nitrogens with one attached hydrogen (secondary N) is 1. The molecule has 1 aromatic heterocycles. The molecule has 7 nitrogen and oxygen atoms in total. The van der Waals surface area contributed by atoms with E-state index in [0.29, 0.717) is 18.8 Å². The number of nitrogens with zero attached hydrogens (tertiary/aromatic N) is 3. The van der Waals surface area contributed by atoms with E-state index in [1.165, 1.54) is 4.68 Å². The molecule has 0 aliphatic carbocycles. The van der Waals surface area contributed by atoms with Gasteiger partial charge in [-0.15, -0.1) is 5.10 Å². The second-order valence-corrected chi connectivity index (χ2v) is 3.54. The van der Waals surface area contributed by atoms with E-state index < -0.39 is 0 Å². The molecule has 3 N–H and O–H groups in total. The molecule has 0 radical (unpaired) electrons. The minimum Gasteiger partial charge on any atom is -0.383 e. The third kappa shape index (κ3) is 3.95. The first-order chi connectivity index (χ1) is 7.65. The second kappa shape index (κ2) is 6.19. The number of carbonyl (C=O) groups excluding carboxylic acids is 1. The van der Waals surface area contributed by atoms with Crippen LogP contribution in [0.25, 0.3) is 0 Å². The van der Waals surface area contributed by atoms with Crippen molar-refractivity contribution in [1.82, 2.24) is 20.3 Å². The van der Waals surface area contributed by atoms with Crippen LogP contribution in [0.2, 0.25) is 0 Å². The lowest BCUT2D eigenvalue weighted by atomic mass is 10.3. The molecule has 0 bridgehead atoms. The molecule has 0 aliphatic heterocycles. The molecule has 90 valence electrons. The van der Waals surface area contributed by atoms with Gasteiger partial charge in [-0.2, -0.15) is 0 Å². The lowest BCUT2D eigenvalue weighted by Gasteiger charge is -2.12. The van der Waals surface area contributed by atoms with Crippen LogP contribution in [0.3, 0.4) is 0 Å². The summed E-state index contributed by atoms with van der Waals surface area (Å²) in [6.07, 6.45) is 1.65. The van der Waals surface area contributed by atoms with Gasteiger partial charge in [0.15, 0.2) is 0 Å². The first kappa shape index (κ1) is 12.6. The molecule has 0 aromatic carbocycles. The van der Waals surface area contributed by atoms with Crippen LogP contribution in [0, 0.1) is 0 Å². The van der Waals surface area contributed by atoms with E-state index in [9.17, 15) is 4.79 Å². The van der Waals surface area contributed by atoms with Crippen molar-refractivity contribution >= 4 is 5.91 Å². The van der Waals surface area contributed by atoms with Gasteiger partial charge in [0, 0.05) is 19.7 Å². The van der Waals surface area contributed by atoms with Crippen LogP contribution < -0.4 is 11.1 Å². The summed E-state index contributed by atoms with van der Waals surface area (Å²) in [5.41, 5.74) is 6.05. The zero-order valence-electron chi connectivity index (χ0n) is 9.51. The maximum absolute atomic E-state index is 11.5. The van der Waals surface area contributed by atoms with Crippen LogP contribution >= 0.6 is 0 Å². The maximum Gasteiger partial charge on any atom is 0.242 e. The number of aromatic nitrogens is 3. The van der Waals surface area contributed by atoms with Gasteiger partial charge in [0.25, 0.3) is 0 Å². The lowest BCUT2D eigenvalue weighted by Crippen LogP contribution is -2.37. The molecular weight excluding hydrogens is 210 g/mol. The van der Waals surface area contributed by atoms with Crippen molar-refractivity contribution in [3.05, 3.63) is 11.9 Å². The fraction of sp³-hybridized carbons (Fsp3) is 0.667. The van der Waals surface area contributed by atoms with Gasteiger partial charge in [-0.3, -0.25) is 4.79 Å². The van der Waals surface area contributed by atoms with E-state index in [1.807, 2.05) is 6.92 Å². The fourth-order valence-corrected chi connectivity index (χ4v) is 1.27. The number of nitrogens with two attached hydrogens (primary N) is 1. The Balaban J connectivity index is 2.39. The van der Waals surface area contributed by atoms with E-state index >= 15 is 0 Å². The van der Waals surface area contributed by atoms with Crippen molar-refractivity contribution in [3.63, 3.8) is 0 Å². The summed E-state index contributed by atoms with van der Waals surface area (Å²) in [7, 11) is 1.59. The standard InChI is InChI=1S/C9H17N5O2/c1-7(6-16-2)11-9(15)5-14-4-8(3-10)12-13-14/h4,7H,3,5-6,10H2,1-2H3,(H,11,15). The number of methoxy groups -OCH3 is 1. The zero-order chi connectivity index (χ0) is 12.0. The Morgan fingerprint density at radius 2 is 2.50 bits per heavy atom. The first-order valence-electron chi connectivity index (χ1n) is 5.03. The Hall–Kier alpha value is -1.47. The molecule has 0 fully saturated rings. The molecule has 1 aromatic rings. The summed E-state index contributed by atoms with van der Waals surface area (Å²) in [4.78, 5) is 11.5. The van der Waals surface area contributed by atoms with Crippen molar-refractivity contribution in [2.24, 2.45) is 5.73 Å². The van der Waals surface area contributed by atoms with E-state index in [2.05, 4.69) is 15.6 Å². The summed E-state index contributed by atoms with van der Waals surface area (Å²) in [5.74, 6) is -0.127. The minimum absolute atomic E-state index is 0.0185. The Labute approximate surface area is 93.9 Å². The van der Waals surface area contributed by atoms with Gasteiger partial charge in [0.2, 0.25) is 5.91 Å². The summed E-state index contributed by atoms with van der Waals surface area (Å²) in [5, 5.41) is 10.3. The normalized spacial score (nSPS) is 12.4. The van der Waals surface area contributed by atoms with E-state index in [4.69, 9.17) is 10.5 Å². The molecule has 1 atom stereocenters. The van der Waals surface area contributed by atoms with Gasteiger partial charge in [0.05, 0.1) is 18.5 Å². The average molecular weight is 227 g/mol. The molecule has 7 heteroatoms. The second-order valence-electron chi connectivity index (χ2n) is 3.54. The summed E-state index contributed by atoms with van der Waals surface area (Å²) in [6.45, 7) is 2.81. The molecule has 1 amide bonds. The summed E-state index contributed by atoms with van der Waals surface area (Å²) in [6, 6.07) is -0.0185. The van der Waals surface area contributed by atoms with Crippen molar-refractivity contribution < 1.29 is 9.53 Å². The van der Waals surface area contributed by atoms with E-state index in [-0.39, 0.29) is 18.5 Å². The van der Waals surface area contributed by atoms with Gasteiger partial charge >= 0.3 is 0 Å². The first-order valence-corrected chi connectivity index (χ1v) is 5.03. The zero-order valence-corrected chi connectivity index (χ0v) is 9.51. The predicted octanol–water partition coefficient (Wildman–Crippen LogP) is -1.11. The molecule has 1 rings (SSSR count). The van der Waals surface area contributed by atoms with Crippen LogP contribution in [0.15, 0.2) is 6.20 Å². The Morgan fingerprint density at radius 1 is 1.75 bits per heavy atom. The molecule has 0 saturated heterocycles. The third-order valence-corrected chi connectivity index (χ3v) is 1.92. The molecule has 1 heterocycles. The topological polar surface area (TPSA) is 95.1 Å². The number of carbonyl (C=O) groups is 1. The maximum atomic E-state index is 11.5. The number of hydrogen-bond acceptors (Lipinski definition) is 5.